The number of hydrogen-bond acceptors (Lipinski definition) is 6. The Labute approximate surface area is 150 Å². The summed E-state index contributed by atoms with van der Waals surface area (Å²) in [6, 6.07) is 5.52. The van der Waals surface area contributed by atoms with Crippen LogP contribution in [0.2, 0.25) is 0 Å². The molecule has 1 amide bonds. The van der Waals surface area contributed by atoms with Gasteiger partial charge in [-0.25, -0.2) is 0 Å². The van der Waals surface area contributed by atoms with Crippen LogP contribution in [0.1, 0.15) is 27.3 Å². The molecule has 3 aromatic heterocycles. The lowest BCUT2D eigenvalue weighted by molar-refractivity contribution is 0.0773. The molecule has 0 aromatic carbocycles. The first-order chi connectivity index (χ1) is 12.0. The summed E-state index contributed by atoms with van der Waals surface area (Å²) in [6.07, 6.45) is 1.75. The van der Waals surface area contributed by atoms with Gasteiger partial charge in [-0.3, -0.25) is 9.78 Å². The fourth-order valence-electron chi connectivity index (χ4n) is 2.63. The third-order valence-electron chi connectivity index (χ3n) is 3.98. The van der Waals surface area contributed by atoms with Gasteiger partial charge in [-0.05, 0) is 25.3 Å². The topological polar surface area (TPSA) is 68.5 Å². The summed E-state index contributed by atoms with van der Waals surface area (Å²) in [5, 5.41) is 5.85. The Kier molecular flexibility index (Phi) is 4.85. The van der Waals surface area contributed by atoms with E-state index in [1.165, 1.54) is 11.3 Å². The van der Waals surface area contributed by atoms with Crippen LogP contribution in [0, 0.1) is 13.8 Å². The van der Waals surface area contributed by atoms with E-state index in [1.54, 1.807) is 31.3 Å². The Morgan fingerprint density at radius 3 is 2.88 bits per heavy atom. The lowest BCUT2D eigenvalue weighted by Gasteiger charge is -2.18. The number of thiophene rings is 1. The van der Waals surface area contributed by atoms with Gasteiger partial charge in [0.1, 0.15) is 5.75 Å². The average molecular weight is 357 g/mol. The van der Waals surface area contributed by atoms with E-state index < -0.39 is 0 Å². The highest BCUT2D eigenvalue weighted by atomic mass is 32.1. The van der Waals surface area contributed by atoms with Gasteiger partial charge in [-0.1, -0.05) is 11.2 Å². The van der Waals surface area contributed by atoms with Crippen LogP contribution in [0.15, 0.2) is 34.3 Å². The van der Waals surface area contributed by atoms with Gasteiger partial charge in [0.15, 0.2) is 11.5 Å². The van der Waals surface area contributed by atoms with Gasteiger partial charge in [-0.15, -0.1) is 11.3 Å². The first kappa shape index (κ1) is 17.2. The highest BCUT2D eigenvalue weighted by molar-refractivity contribution is 7.13. The second-order valence-electron chi connectivity index (χ2n) is 5.76. The third kappa shape index (κ3) is 3.41. The first-order valence-corrected chi connectivity index (χ1v) is 8.64. The lowest BCUT2D eigenvalue weighted by Crippen LogP contribution is -2.27. The van der Waals surface area contributed by atoms with Gasteiger partial charge >= 0.3 is 0 Å². The van der Waals surface area contributed by atoms with Crippen LogP contribution in [-0.2, 0) is 6.54 Å². The number of rotatable bonds is 5. The van der Waals surface area contributed by atoms with Crippen molar-refractivity contribution in [1.29, 1.82) is 0 Å². The van der Waals surface area contributed by atoms with Crippen molar-refractivity contribution in [2.45, 2.75) is 20.4 Å². The Morgan fingerprint density at radius 2 is 2.20 bits per heavy atom. The number of aromatic nitrogens is 2. The molecule has 3 rings (SSSR count). The number of carbonyl (C=O) groups is 1. The number of methoxy groups -OCH3 is 1. The monoisotopic (exact) mass is 357 g/mol. The number of nitrogens with zero attached hydrogens (tertiary/aromatic N) is 3. The van der Waals surface area contributed by atoms with Gasteiger partial charge in [0, 0.05) is 30.4 Å². The summed E-state index contributed by atoms with van der Waals surface area (Å²) in [5.41, 5.74) is 2.97. The molecular formula is C18H19N3O3S. The normalized spacial score (nSPS) is 10.7. The average Bonchev–Trinajstić information content (AvgIpc) is 3.28. The van der Waals surface area contributed by atoms with Crippen molar-refractivity contribution in [2.24, 2.45) is 0 Å². The lowest BCUT2D eigenvalue weighted by atomic mass is 10.1. The van der Waals surface area contributed by atoms with Crippen molar-refractivity contribution in [3.8, 4) is 16.4 Å². The highest BCUT2D eigenvalue weighted by Crippen LogP contribution is 2.27. The number of hydrogen-bond donors (Lipinski definition) is 0. The van der Waals surface area contributed by atoms with E-state index in [2.05, 4.69) is 10.1 Å². The van der Waals surface area contributed by atoms with Gasteiger partial charge in [0.25, 0.3) is 5.91 Å². The molecule has 6 nitrogen and oxygen atoms in total. The molecule has 0 aliphatic carbocycles. The number of carbonyl (C=O) groups excluding carboxylic acids is 1. The van der Waals surface area contributed by atoms with E-state index in [0.29, 0.717) is 12.3 Å². The molecule has 0 N–H and O–H groups in total. The number of pyridine rings is 1. The summed E-state index contributed by atoms with van der Waals surface area (Å²) in [5.74, 6) is 1.18. The minimum absolute atomic E-state index is 0.215. The van der Waals surface area contributed by atoms with E-state index in [9.17, 15) is 4.79 Å². The van der Waals surface area contributed by atoms with Gasteiger partial charge in [0.05, 0.1) is 24.2 Å². The maximum atomic E-state index is 12.6. The van der Waals surface area contributed by atoms with E-state index in [-0.39, 0.29) is 11.6 Å². The van der Waals surface area contributed by atoms with Gasteiger partial charge < -0.3 is 14.2 Å². The molecule has 7 heteroatoms. The maximum absolute atomic E-state index is 12.6. The van der Waals surface area contributed by atoms with Crippen LogP contribution in [-0.4, -0.2) is 35.1 Å². The molecule has 0 saturated carbocycles. The second-order valence-corrected chi connectivity index (χ2v) is 6.71. The number of ether oxygens (including phenoxy) is 1. The zero-order chi connectivity index (χ0) is 18.0. The fourth-order valence-corrected chi connectivity index (χ4v) is 3.31. The van der Waals surface area contributed by atoms with E-state index in [4.69, 9.17) is 9.26 Å². The summed E-state index contributed by atoms with van der Waals surface area (Å²) >= 11 is 1.54. The summed E-state index contributed by atoms with van der Waals surface area (Å²) in [6.45, 7) is 4.25. The highest BCUT2D eigenvalue weighted by Gasteiger charge is 2.20. The predicted octanol–water partition coefficient (Wildman–Crippen LogP) is 3.70. The van der Waals surface area contributed by atoms with Gasteiger partial charge in [-0.2, -0.15) is 0 Å². The Balaban J connectivity index is 1.78. The molecule has 0 atom stereocenters. The molecule has 0 unspecified atom stereocenters. The van der Waals surface area contributed by atoms with Crippen molar-refractivity contribution in [3.63, 3.8) is 0 Å². The standard InChI is InChI=1S/C18H19N3O3S/c1-11-9-19-14(12(2)17(11)23-4)10-21(3)18(22)13-8-15(24-20-13)16-6-5-7-25-16/h5-9H,10H2,1-4H3. The van der Waals surface area contributed by atoms with Crippen molar-refractivity contribution in [2.75, 3.05) is 14.2 Å². The zero-order valence-corrected chi connectivity index (χ0v) is 15.4. The van der Waals surface area contributed by atoms with Crippen LogP contribution < -0.4 is 4.74 Å². The third-order valence-corrected chi connectivity index (χ3v) is 4.86. The minimum Gasteiger partial charge on any atom is -0.496 e. The molecule has 0 fully saturated rings. The summed E-state index contributed by atoms with van der Waals surface area (Å²) < 4.78 is 10.7. The summed E-state index contributed by atoms with van der Waals surface area (Å²) in [4.78, 5) is 19.6. The molecule has 0 aliphatic heterocycles. The molecule has 3 heterocycles. The van der Waals surface area contributed by atoms with Crippen molar-refractivity contribution < 1.29 is 14.1 Å². The van der Waals surface area contributed by atoms with E-state index in [0.717, 1.165) is 27.4 Å². The van der Waals surface area contributed by atoms with E-state index in [1.807, 2.05) is 31.4 Å². The van der Waals surface area contributed by atoms with Crippen molar-refractivity contribution in [1.82, 2.24) is 15.0 Å². The van der Waals surface area contributed by atoms with Crippen LogP contribution >= 0.6 is 11.3 Å². The Bertz CT molecular complexity index is 887. The van der Waals surface area contributed by atoms with Crippen LogP contribution in [0.25, 0.3) is 10.6 Å². The molecule has 25 heavy (non-hydrogen) atoms. The van der Waals surface area contributed by atoms with Crippen LogP contribution in [0.4, 0.5) is 0 Å². The molecule has 130 valence electrons. The molecule has 3 aromatic rings. The molecule has 0 spiro atoms. The smallest absolute Gasteiger partial charge is 0.276 e. The molecule has 0 bridgehead atoms. The molecular weight excluding hydrogens is 338 g/mol. The molecule has 0 saturated heterocycles. The van der Waals surface area contributed by atoms with Crippen LogP contribution in [0.5, 0.6) is 5.75 Å². The molecule has 0 radical (unpaired) electrons. The van der Waals surface area contributed by atoms with Crippen LogP contribution in [0.3, 0.4) is 0 Å². The Hall–Kier alpha value is -2.67. The van der Waals surface area contributed by atoms with Gasteiger partial charge in [0.2, 0.25) is 0 Å². The minimum atomic E-state index is -0.215. The fraction of sp³-hybridized carbons (Fsp3) is 0.278. The second kappa shape index (κ2) is 7.06. The number of amides is 1. The van der Waals surface area contributed by atoms with E-state index >= 15 is 0 Å². The molecule has 0 aliphatic rings. The predicted molar refractivity (Wildman–Crippen MR) is 95.9 cm³/mol. The van der Waals surface area contributed by atoms with Crippen molar-refractivity contribution >= 4 is 17.2 Å². The largest absolute Gasteiger partial charge is 0.496 e. The maximum Gasteiger partial charge on any atom is 0.276 e. The first-order valence-electron chi connectivity index (χ1n) is 7.76. The Morgan fingerprint density at radius 1 is 1.40 bits per heavy atom. The number of aryl methyl sites for hydroxylation is 1. The zero-order valence-electron chi connectivity index (χ0n) is 14.6. The quantitative estimate of drug-likeness (QED) is 0.696. The van der Waals surface area contributed by atoms with Crippen molar-refractivity contribution in [3.05, 3.63) is 52.3 Å². The summed E-state index contributed by atoms with van der Waals surface area (Å²) in [7, 11) is 3.35. The SMILES string of the molecule is COc1c(C)cnc(CN(C)C(=O)c2cc(-c3cccs3)on2)c1C.